The van der Waals surface area contributed by atoms with Crippen molar-refractivity contribution in [3.8, 4) is 0 Å². The molecule has 0 spiro atoms. The zero-order chi connectivity index (χ0) is 23.2. The molecule has 1 aromatic carbocycles. The first-order chi connectivity index (χ1) is 15.0. The molecule has 9 heteroatoms. The number of ether oxygens (including phenoxy) is 1. The Balaban J connectivity index is 0.00000306. The average molecular weight is 453 g/mol. The van der Waals surface area contributed by atoms with Crippen LogP contribution in [0.15, 0.2) is 30.5 Å². The molecule has 1 amide bonds. The van der Waals surface area contributed by atoms with Crippen LogP contribution in [0.2, 0.25) is 0 Å². The topological polar surface area (TPSA) is 123 Å². The minimum Gasteiger partial charge on any atom is -0.477 e. The molecule has 0 radical (unpaired) electrons. The van der Waals surface area contributed by atoms with Gasteiger partial charge in [0.05, 0.1) is 17.8 Å². The van der Waals surface area contributed by atoms with E-state index in [1.165, 1.54) is 22.8 Å². The van der Waals surface area contributed by atoms with E-state index < -0.39 is 17.5 Å². The van der Waals surface area contributed by atoms with Crippen molar-refractivity contribution in [3.63, 3.8) is 0 Å². The number of carboxylic acid groups (broad SMARTS) is 1. The van der Waals surface area contributed by atoms with E-state index in [9.17, 15) is 19.5 Å². The van der Waals surface area contributed by atoms with Crippen LogP contribution in [-0.4, -0.2) is 43.2 Å². The summed E-state index contributed by atoms with van der Waals surface area (Å²) in [5, 5.41) is 16.4. The number of amides is 1. The second-order valence-electron chi connectivity index (χ2n) is 8.81. The Hall–Kier alpha value is -3.75. The van der Waals surface area contributed by atoms with Crippen LogP contribution in [0, 0.1) is 6.92 Å². The van der Waals surface area contributed by atoms with E-state index in [1.807, 2.05) is 33.8 Å². The highest BCUT2D eigenvalue weighted by Crippen LogP contribution is 2.35. The number of fused-ring (bicyclic) bond motifs is 2. The monoisotopic (exact) mass is 452 g/mol. The molecule has 0 aliphatic heterocycles. The Labute approximate surface area is 191 Å². The number of esters is 1. The predicted octanol–water partition coefficient (Wildman–Crippen LogP) is 3.74. The zero-order valence-corrected chi connectivity index (χ0v) is 18.3. The molecule has 0 unspecified atom stereocenters. The minimum atomic E-state index is -1.22. The Morgan fingerprint density at radius 2 is 1.94 bits per heavy atom. The van der Waals surface area contributed by atoms with E-state index in [-0.39, 0.29) is 36.5 Å². The first-order valence-corrected chi connectivity index (χ1v) is 10.3. The number of hydrogen-bond donors (Lipinski definition) is 2. The number of hydrogen-bond acceptors (Lipinski definition) is 6. The smallest absolute Gasteiger partial charge is 0.354 e. The molecular formula is C24H28N4O5. The van der Waals surface area contributed by atoms with E-state index in [0.717, 1.165) is 16.7 Å². The molecule has 2 aromatic heterocycles. The van der Waals surface area contributed by atoms with Gasteiger partial charge >= 0.3 is 11.9 Å². The van der Waals surface area contributed by atoms with Crippen molar-refractivity contribution in [3.05, 3.63) is 64.1 Å². The molecule has 33 heavy (non-hydrogen) atoms. The summed E-state index contributed by atoms with van der Waals surface area (Å²) in [6, 6.07) is 6.06. The first kappa shape index (κ1) is 23.9. The molecule has 1 atom stereocenters. The van der Waals surface area contributed by atoms with E-state index in [2.05, 4.69) is 15.4 Å². The lowest BCUT2D eigenvalue weighted by atomic mass is 9.97. The molecule has 0 saturated heterocycles. The van der Waals surface area contributed by atoms with Gasteiger partial charge in [0.1, 0.15) is 11.3 Å². The van der Waals surface area contributed by atoms with Crippen molar-refractivity contribution in [2.24, 2.45) is 0 Å². The van der Waals surface area contributed by atoms with Crippen LogP contribution in [0.1, 0.15) is 88.7 Å². The van der Waals surface area contributed by atoms with Crippen LogP contribution in [0.3, 0.4) is 0 Å². The summed E-state index contributed by atoms with van der Waals surface area (Å²) in [7, 11) is 0. The van der Waals surface area contributed by atoms with Crippen molar-refractivity contribution in [1.82, 2.24) is 19.9 Å². The predicted molar refractivity (Wildman–Crippen MR) is 122 cm³/mol. The van der Waals surface area contributed by atoms with E-state index in [4.69, 9.17) is 4.74 Å². The minimum absolute atomic E-state index is 0. The number of carbonyl (C=O) groups excluding carboxylic acids is 2. The van der Waals surface area contributed by atoms with Gasteiger partial charge in [-0.1, -0.05) is 13.5 Å². The Bertz CT molecular complexity index is 1260. The molecule has 4 rings (SSSR count). The lowest BCUT2D eigenvalue weighted by molar-refractivity contribution is 0.00682. The molecule has 2 heterocycles. The summed E-state index contributed by atoms with van der Waals surface area (Å²) in [4.78, 5) is 41.0. The standard InChI is InChI=1S/C23H24N4O5.CH4/c1-12-13-7-8-16(15(13)6-5-14(12)22(31)32-23(2,3)4)26-20(28)18-11-17(21(29)30)25-19-9-10-24-27(18)19;/h5-6,9-11,16H,7-8H2,1-4H3,(H,26,28)(H,29,30);1H4/t16-;/m0./s1. The fourth-order valence-electron chi connectivity index (χ4n) is 4.00. The highest BCUT2D eigenvalue weighted by Gasteiger charge is 2.30. The van der Waals surface area contributed by atoms with Crippen molar-refractivity contribution in [1.29, 1.82) is 0 Å². The lowest BCUT2D eigenvalue weighted by Crippen LogP contribution is -2.29. The SMILES string of the molecule is C.Cc1c(C(=O)OC(C)(C)C)ccc2c1CC[C@@H]2NC(=O)c1cc(C(=O)O)nc2ccnn12. The number of nitrogens with zero attached hydrogens (tertiary/aromatic N) is 3. The van der Waals surface area contributed by atoms with Crippen LogP contribution < -0.4 is 5.32 Å². The number of aromatic carboxylic acids is 1. The summed E-state index contributed by atoms with van der Waals surface area (Å²) in [6.07, 6.45) is 2.83. The van der Waals surface area contributed by atoms with Gasteiger partial charge in [-0.05, 0) is 63.3 Å². The van der Waals surface area contributed by atoms with Crippen LogP contribution >= 0.6 is 0 Å². The maximum absolute atomic E-state index is 13.0. The van der Waals surface area contributed by atoms with Gasteiger partial charge in [0.2, 0.25) is 0 Å². The van der Waals surface area contributed by atoms with Crippen LogP contribution in [0.25, 0.3) is 5.65 Å². The summed E-state index contributed by atoms with van der Waals surface area (Å²) in [5.74, 6) is -2.04. The van der Waals surface area contributed by atoms with Crippen molar-refractivity contribution in [2.75, 3.05) is 0 Å². The molecule has 2 N–H and O–H groups in total. The molecular weight excluding hydrogens is 424 g/mol. The normalized spacial score (nSPS) is 15.0. The Kier molecular flexibility index (Phi) is 6.26. The van der Waals surface area contributed by atoms with E-state index in [0.29, 0.717) is 18.4 Å². The van der Waals surface area contributed by atoms with Crippen LogP contribution in [0.5, 0.6) is 0 Å². The van der Waals surface area contributed by atoms with Gasteiger partial charge in [0.25, 0.3) is 5.91 Å². The van der Waals surface area contributed by atoms with Gasteiger partial charge in [-0.2, -0.15) is 5.10 Å². The van der Waals surface area contributed by atoms with Gasteiger partial charge in [-0.15, -0.1) is 0 Å². The number of aromatic nitrogens is 3. The lowest BCUT2D eigenvalue weighted by Gasteiger charge is -2.21. The number of benzene rings is 1. The second-order valence-corrected chi connectivity index (χ2v) is 8.81. The largest absolute Gasteiger partial charge is 0.477 e. The van der Waals surface area contributed by atoms with Gasteiger partial charge in [-0.25, -0.2) is 19.1 Å². The zero-order valence-electron chi connectivity index (χ0n) is 18.3. The van der Waals surface area contributed by atoms with Crippen molar-refractivity contribution in [2.45, 2.75) is 59.6 Å². The summed E-state index contributed by atoms with van der Waals surface area (Å²) >= 11 is 0. The van der Waals surface area contributed by atoms with Crippen LogP contribution in [-0.2, 0) is 11.2 Å². The number of carboxylic acids is 1. The molecule has 3 aromatic rings. The quantitative estimate of drug-likeness (QED) is 0.578. The Morgan fingerprint density at radius 3 is 2.61 bits per heavy atom. The number of nitrogens with one attached hydrogen (secondary N) is 1. The fourth-order valence-corrected chi connectivity index (χ4v) is 4.00. The molecule has 0 bridgehead atoms. The van der Waals surface area contributed by atoms with Crippen LogP contribution in [0.4, 0.5) is 0 Å². The molecule has 9 nitrogen and oxygen atoms in total. The molecule has 1 aliphatic carbocycles. The van der Waals surface area contributed by atoms with E-state index >= 15 is 0 Å². The van der Waals surface area contributed by atoms with Crippen molar-refractivity contribution >= 4 is 23.5 Å². The molecule has 0 saturated carbocycles. The maximum Gasteiger partial charge on any atom is 0.354 e. The summed E-state index contributed by atoms with van der Waals surface area (Å²) in [6.45, 7) is 7.36. The fraction of sp³-hybridized carbons (Fsp3) is 0.375. The highest BCUT2D eigenvalue weighted by molar-refractivity contribution is 5.96. The number of rotatable bonds is 4. The third-order valence-corrected chi connectivity index (χ3v) is 5.43. The van der Waals surface area contributed by atoms with Gasteiger partial charge < -0.3 is 15.2 Å². The van der Waals surface area contributed by atoms with E-state index in [1.54, 1.807) is 6.07 Å². The molecule has 0 fully saturated rings. The van der Waals surface area contributed by atoms with Gasteiger partial charge in [0, 0.05) is 12.1 Å². The first-order valence-electron chi connectivity index (χ1n) is 10.3. The summed E-state index contributed by atoms with van der Waals surface area (Å²) < 4.78 is 6.82. The third kappa shape index (κ3) is 4.57. The highest BCUT2D eigenvalue weighted by atomic mass is 16.6. The maximum atomic E-state index is 13.0. The van der Waals surface area contributed by atoms with Gasteiger partial charge in [-0.3, -0.25) is 4.79 Å². The Morgan fingerprint density at radius 1 is 1.21 bits per heavy atom. The van der Waals surface area contributed by atoms with Gasteiger partial charge in [0.15, 0.2) is 11.3 Å². The van der Waals surface area contributed by atoms with Crippen molar-refractivity contribution < 1.29 is 24.2 Å². The molecule has 174 valence electrons. The number of carbonyl (C=O) groups is 3. The third-order valence-electron chi connectivity index (χ3n) is 5.43. The molecule has 1 aliphatic rings. The average Bonchev–Trinajstić information content (AvgIpc) is 3.33. The summed E-state index contributed by atoms with van der Waals surface area (Å²) in [5.41, 5.74) is 2.87. The second kappa shape index (κ2) is 8.65.